The van der Waals surface area contributed by atoms with E-state index in [0.29, 0.717) is 11.7 Å². The van der Waals surface area contributed by atoms with Gasteiger partial charge in [-0.1, -0.05) is 17.7 Å². The molecular formula is C14H17N3O. The number of ether oxygens (including phenoxy) is 1. The molecule has 4 heteroatoms. The first-order valence-electron chi connectivity index (χ1n) is 6.01. The molecule has 94 valence electrons. The van der Waals surface area contributed by atoms with E-state index >= 15 is 0 Å². The molecule has 18 heavy (non-hydrogen) atoms. The van der Waals surface area contributed by atoms with Gasteiger partial charge in [0.25, 0.3) is 0 Å². The second-order valence-corrected chi connectivity index (χ2v) is 4.08. The number of hydrogen-bond donors (Lipinski definition) is 1. The van der Waals surface area contributed by atoms with Gasteiger partial charge >= 0.3 is 0 Å². The van der Waals surface area contributed by atoms with E-state index in [2.05, 4.69) is 15.3 Å². The molecule has 0 fully saturated rings. The molecule has 0 aliphatic heterocycles. The molecular weight excluding hydrogens is 226 g/mol. The highest BCUT2D eigenvalue weighted by Crippen LogP contribution is 2.21. The van der Waals surface area contributed by atoms with Crippen molar-refractivity contribution in [2.45, 2.75) is 20.8 Å². The van der Waals surface area contributed by atoms with Crippen LogP contribution in [0, 0.1) is 13.8 Å². The summed E-state index contributed by atoms with van der Waals surface area (Å²) in [7, 11) is 0. The highest BCUT2D eigenvalue weighted by Gasteiger charge is 2.03. The molecule has 0 unspecified atom stereocenters. The Bertz CT molecular complexity index is 523. The fourth-order valence-electron chi connectivity index (χ4n) is 1.59. The van der Waals surface area contributed by atoms with Crippen molar-refractivity contribution in [2.75, 3.05) is 11.9 Å². The van der Waals surface area contributed by atoms with Crippen molar-refractivity contribution in [3.8, 4) is 11.6 Å². The monoisotopic (exact) mass is 243 g/mol. The zero-order chi connectivity index (χ0) is 13.0. The molecule has 1 aromatic carbocycles. The van der Waals surface area contributed by atoms with Crippen LogP contribution in [0.1, 0.15) is 18.3 Å². The SMILES string of the molecule is CCNc1cc(Oc2ccc(C)cc2)nc(C)n1. The standard InChI is InChI=1S/C14H17N3O/c1-4-15-13-9-14(17-11(3)16-13)18-12-7-5-10(2)6-8-12/h5-9H,4H2,1-3H3,(H,15,16,17). The van der Waals surface area contributed by atoms with Gasteiger partial charge in [-0.15, -0.1) is 0 Å². The van der Waals surface area contributed by atoms with Crippen LogP contribution in [0.15, 0.2) is 30.3 Å². The number of hydrogen-bond acceptors (Lipinski definition) is 4. The molecule has 0 radical (unpaired) electrons. The van der Waals surface area contributed by atoms with Crippen LogP contribution in [0.5, 0.6) is 11.6 Å². The summed E-state index contributed by atoms with van der Waals surface area (Å²) in [5, 5.41) is 3.15. The van der Waals surface area contributed by atoms with Gasteiger partial charge in [0.2, 0.25) is 5.88 Å². The Morgan fingerprint density at radius 2 is 1.83 bits per heavy atom. The summed E-state index contributed by atoms with van der Waals surface area (Å²) in [5.74, 6) is 2.81. The van der Waals surface area contributed by atoms with Crippen LogP contribution in [-0.2, 0) is 0 Å². The Hall–Kier alpha value is -2.10. The van der Waals surface area contributed by atoms with Crippen molar-refractivity contribution in [3.63, 3.8) is 0 Å². The van der Waals surface area contributed by atoms with E-state index in [0.717, 1.165) is 18.1 Å². The molecule has 0 atom stereocenters. The first kappa shape index (κ1) is 12.4. The number of aryl methyl sites for hydroxylation is 2. The summed E-state index contributed by atoms with van der Waals surface area (Å²) in [6.45, 7) is 6.74. The Balaban J connectivity index is 2.20. The first-order chi connectivity index (χ1) is 8.67. The maximum Gasteiger partial charge on any atom is 0.224 e. The minimum atomic E-state index is 0.558. The normalized spacial score (nSPS) is 10.2. The zero-order valence-corrected chi connectivity index (χ0v) is 10.9. The van der Waals surface area contributed by atoms with E-state index in [1.807, 2.05) is 45.0 Å². The third kappa shape index (κ3) is 3.20. The number of aromatic nitrogens is 2. The molecule has 2 rings (SSSR count). The van der Waals surface area contributed by atoms with E-state index < -0.39 is 0 Å². The topological polar surface area (TPSA) is 47.0 Å². The van der Waals surface area contributed by atoms with Crippen LogP contribution in [0.3, 0.4) is 0 Å². The third-order valence-corrected chi connectivity index (χ3v) is 2.42. The minimum absolute atomic E-state index is 0.558. The quantitative estimate of drug-likeness (QED) is 0.894. The first-order valence-corrected chi connectivity index (χ1v) is 6.01. The van der Waals surface area contributed by atoms with Crippen molar-refractivity contribution < 1.29 is 4.74 Å². The van der Waals surface area contributed by atoms with Crippen molar-refractivity contribution in [2.24, 2.45) is 0 Å². The van der Waals surface area contributed by atoms with Crippen LogP contribution in [0.2, 0.25) is 0 Å². The van der Waals surface area contributed by atoms with E-state index in [4.69, 9.17) is 4.74 Å². The second-order valence-electron chi connectivity index (χ2n) is 4.08. The van der Waals surface area contributed by atoms with Crippen molar-refractivity contribution >= 4 is 5.82 Å². The Labute approximate surface area is 107 Å². The number of nitrogens with one attached hydrogen (secondary N) is 1. The smallest absolute Gasteiger partial charge is 0.224 e. The number of rotatable bonds is 4. The molecule has 1 heterocycles. The number of anilines is 1. The van der Waals surface area contributed by atoms with Gasteiger partial charge in [-0.2, -0.15) is 4.98 Å². The predicted octanol–water partition coefficient (Wildman–Crippen LogP) is 3.32. The maximum absolute atomic E-state index is 5.71. The molecule has 1 N–H and O–H groups in total. The summed E-state index contributed by atoms with van der Waals surface area (Å²) >= 11 is 0. The molecule has 0 aliphatic carbocycles. The highest BCUT2D eigenvalue weighted by molar-refractivity contribution is 5.40. The van der Waals surface area contributed by atoms with Gasteiger partial charge in [-0.3, -0.25) is 0 Å². The summed E-state index contributed by atoms with van der Waals surface area (Å²) in [6, 6.07) is 9.68. The molecule has 0 saturated carbocycles. The highest BCUT2D eigenvalue weighted by atomic mass is 16.5. The molecule has 4 nitrogen and oxygen atoms in total. The average Bonchev–Trinajstić information content (AvgIpc) is 2.32. The summed E-state index contributed by atoms with van der Waals surface area (Å²) in [5.41, 5.74) is 1.20. The fourth-order valence-corrected chi connectivity index (χ4v) is 1.59. The number of benzene rings is 1. The van der Waals surface area contributed by atoms with Crippen molar-refractivity contribution in [3.05, 3.63) is 41.7 Å². The molecule has 1 aromatic heterocycles. The van der Waals surface area contributed by atoms with E-state index in [1.54, 1.807) is 6.07 Å². The Morgan fingerprint density at radius 1 is 1.11 bits per heavy atom. The lowest BCUT2D eigenvalue weighted by Crippen LogP contribution is -2.02. The van der Waals surface area contributed by atoms with Gasteiger partial charge in [-0.05, 0) is 32.9 Å². The van der Waals surface area contributed by atoms with Crippen LogP contribution in [-0.4, -0.2) is 16.5 Å². The zero-order valence-electron chi connectivity index (χ0n) is 10.9. The lowest BCUT2D eigenvalue weighted by Gasteiger charge is -2.08. The van der Waals surface area contributed by atoms with Gasteiger partial charge in [-0.25, -0.2) is 4.98 Å². The lowest BCUT2D eigenvalue weighted by molar-refractivity contribution is 0.460. The van der Waals surface area contributed by atoms with Crippen molar-refractivity contribution in [1.29, 1.82) is 0 Å². The summed E-state index contributed by atoms with van der Waals surface area (Å²) in [4.78, 5) is 8.54. The Morgan fingerprint density at radius 3 is 2.50 bits per heavy atom. The Kier molecular flexibility index (Phi) is 3.77. The van der Waals surface area contributed by atoms with Gasteiger partial charge < -0.3 is 10.1 Å². The second kappa shape index (κ2) is 5.49. The molecule has 2 aromatic rings. The van der Waals surface area contributed by atoms with E-state index in [-0.39, 0.29) is 0 Å². The molecule has 0 bridgehead atoms. The maximum atomic E-state index is 5.71. The minimum Gasteiger partial charge on any atom is -0.439 e. The van der Waals surface area contributed by atoms with Crippen LogP contribution < -0.4 is 10.1 Å². The lowest BCUT2D eigenvalue weighted by atomic mass is 10.2. The summed E-state index contributed by atoms with van der Waals surface area (Å²) < 4.78 is 5.71. The van der Waals surface area contributed by atoms with Gasteiger partial charge in [0.15, 0.2) is 0 Å². The predicted molar refractivity (Wildman–Crippen MR) is 72.2 cm³/mol. The summed E-state index contributed by atoms with van der Waals surface area (Å²) in [6.07, 6.45) is 0. The average molecular weight is 243 g/mol. The van der Waals surface area contributed by atoms with Gasteiger partial charge in [0.05, 0.1) is 0 Å². The van der Waals surface area contributed by atoms with Crippen molar-refractivity contribution in [1.82, 2.24) is 9.97 Å². The van der Waals surface area contributed by atoms with E-state index in [1.165, 1.54) is 5.56 Å². The third-order valence-electron chi connectivity index (χ3n) is 2.42. The van der Waals surface area contributed by atoms with Crippen LogP contribution in [0.25, 0.3) is 0 Å². The van der Waals surface area contributed by atoms with Crippen LogP contribution >= 0.6 is 0 Å². The largest absolute Gasteiger partial charge is 0.439 e. The van der Waals surface area contributed by atoms with E-state index in [9.17, 15) is 0 Å². The molecule has 0 amide bonds. The van der Waals surface area contributed by atoms with Gasteiger partial charge in [0.1, 0.15) is 17.4 Å². The molecule has 0 saturated heterocycles. The van der Waals surface area contributed by atoms with Crippen LogP contribution in [0.4, 0.5) is 5.82 Å². The molecule has 0 aliphatic rings. The molecule has 0 spiro atoms. The van der Waals surface area contributed by atoms with Gasteiger partial charge in [0, 0.05) is 12.6 Å². The number of nitrogens with zero attached hydrogens (tertiary/aromatic N) is 2. The fraction of sp³-hybridized carbons (Fsp3) is 0.286.